The number of benzene rings is 1. The van der Waals surface area contributed by atoms with Crippen LogP contribution >= 0.6 is 0 Å². The molecule has 1 heterocycles. The molecule has 1 aliphatic rings. The zero-order valence-electron chi connectivity index (χ0n) is 11.6. The molecule has 2 unspecified atom stereocenters. The molecule has 1 amide bonds. The van der Waals surface area contributed by atoms with Crippen LogP contribution in [0.4, 0.5) is 5.69 Å². The van der Waals surface area contributed by atoms with E-state index in [4.69, 9.17) is 0 Å². The van der Waals surface area contributed by atoms with Gasteiger partial charge in [-0.05, 0) is 25.3 Å². The quantitative estimate of drug-likeness (QED) is 0.659. The number of amides is 1. The maximum Gasteiger partial charge on any atom is 0.273 e. The molecule has 1 N–H and O–H groups in total. The highest BCUT2D eigenvalue weighted by Crippen LogP contribution is 2.23. The SMILES string of the molecule is Cc1ccc(C(=O)N2CCC(C)C(O)C2)cc1[N+](=O)[O-]. The van der Waals surface area contributed by atoms with Crippen molar-refractivity contribution in [1.82, 2.24) is 4.90 Å². The van der Waals surface area contributed by atoms with Gasteiger partial charge in [0.15, 0.2) is 0 Å². The Labute approximate surface area is 117 Å². The smallest absolute Gasteiger partial charge is 0.273 e. The van der Waals surface area contributed by atoms with E-state index >= 15 is 0 Å². The van der Waals surface area contributed by atoms with Gasteiger partial charge >= 0.3 is 0 Å². The highest BCUT2D eigenvalue weighted by atomic mass is 16.6. The largest absolute Gasteiger partial charge is 0.391 e. The molecule has 1 aliphatic heterocycles. The Bertz CT molecular complexity index is 544. The van der Waals surface area contributed by atoms with Crippen LogP contribution in [0.15, 0.2) is 18.2 Å². The van der Waals surface area contributed by atoms with Gasteiger partial charge in [0, 0.05) is 30.3 Å². The number of hydrogen-bond acceptors (Lipinski definition) is 4. The Morgan fingerprint density at radius 2 is 2.20 bits per heavy atom. The number of piperidine rings is 1. The predicted octanol–water partition coefficient (Wildman–Crippen LogP) is 1.75. The molecule has 0 aliphatic carbocycles. The first kappa shape index (κ1) is 14.5. The maximum absolute atomic E-state index is 12.3. The fraction of sp³-hybridized carbons (Fsp3) is 0.500. The summed E-state index contributed by atoms with van der Waals surface area (Å²) >= 11 is 0. The van der Waals surface area contributed by atoms with Crippen LogP contribution in [0.3, 0.4) is 0 Å². The average molecular weight is 278 g/mol. The van der Waals surface area contributed by atoms with Gasteiger partial charge in [-0.25, -0.2) is 0 Å². The van der Waals surface area contributed by atoms with Crippen molar-refractivity contribution in [2.24, 2.45) is 5.92 Å². The number of nitrogens with zero attached hydrogens (tertiary/aromatic N) is 2. The van der Waals surface area contributed by atoms with Crippen molar-refractivity contribution >= 4 is 11.6 Å². The van der Waals surface area contributed by atoms with E-state index in [1.165, 1.54) is 6.07 Å². The lowest BCUT2D eigenvalue weighted by Gasteiger charge is -2.34. The van der Waals surface area contributed by atoms with Gasteiger partial charge in [-0.1, -0.05) is 13.0 Å². The van der Waals surface area contributed by atoms with E-state index in [2.05, 4.69) is 0 Å². The number of aliphatic hydroxyl groups is 1. The molecule has 6 heteroatoms. The summed E-state index contributed by atoms with van der Waals surface area (Å²) in [7, 11) is 0. The number of nitro benzene ring substituents is 1. The maximum atomic E-state index is 12.3. The second-order valence-electron chi connectivity index (χ2n) is 5.34. The molecule has 1 aromatic carbocycles. The van der Waals surface area contributed by atoms with E-state index in [0.717, 1.165) is 6.42 Å². The fourth-order valence-electron chi connectivity index (χ4n) is 2.36. The fourth-order valence-corrected chi connectivity index (χ4v) is 2.36. The van der Waals surface area contributed by atoms with Gasteiger partial charge in [0.25, 0.3) is 11.6 Å². The minimum Gasteiger partial charge on any atom is -0.391 e. The van der Waals surface area contributed by atoms with Crippen molar-refractivity contribution in [3.8, 4) is 0 Å². The molecule has 20 heavy (non-hydrogen) atoms. The molecule has 0 aromatic heterocycles. The molecule has 0 spiro atoms. The highest BCUT2D eigenvalue weighted by Gasteiger charge is 2.28. The van der Waals surface area contributed by atoms with Crippen LogP contribution in [0.1, 0.15) is 29.3 Å². The van der Waals surface area contributed by atoms with E-state index < -0.39 is 11.0 Å². The molecular weight excluding hydrogens is 260 g/mol. The van der Waals surface area contributed by atoms with E-state index in [1.54, 1.807) is 24.0 Å². The third-order valence-corrected chi connectivity index (χ3v) is 3.86. The lowest BCUT2D eigenvalue weighted by molar-refractivity contribution is -0.385. The van der Waals surface area contributed by atoms with Gasteiger partial charge in [0.2, 0.25) is 0 Å². The summed E-state index contributed by atoms with van der Waals surface area (Å²) < 4.78 is 0. The van der Waals surface area contributed by atoms with Crippen molar-refractivity contribution in [1.29, 1.82) is 0 Å². The molecule has 6 nitrogen and oxygen atoms in total. The van der Waals surface area contributed by atoms with Gasteiger partial charge in [-0.15, -0.1) is 0 Å². The number of likely N-dealkylation sites (tertiary alicyclic amines) is 1. The Balaban J connectivity index is 2.21. The van der Waals surface area contributed by atoms with Gasteiger partial charge in [0.1, 0.15) is 0 Å². The van der Waals surface area contributed by atoms with Crippen LogP contribution in [-0.2, 0) is 0 Å². The van der Waals surface area contributed by atoms with E-state index in [9.17, 15) is 20.0 Å². The monoisotopic (exact) mass is 278 g/mol. The zero-order valence-corrected chi connectivity index (χ0v) is 11.6. The zero-order chi connectivity index (χ0) is 14.9. The van der Waals surface area contributed by atoms with Gasteiger partial charge < -0.3 is 10.0 Å². The minimum atomic E-state index is -0.534. The number of rotatable bonds is 2. The Morgan fingerprint density at radius 3 is 2.80 bits per heavy atom. The van der Waals surface area contributed by atoms with Crippen LogP contribution in [0.5, 0.6) is 0 Å². The number of hydrogen-bond donors (Lipinski definition) is 1. The molecule has 1 saturated heterocycles. The number of carbonyl (C=O) groups is 1. The van der Waals surface area contributed by atoms with Crippen molar-refractivity contribution in [3.05, 3.63) is 39.4 Å². The van der Waals surface area contributed by atoms with Crippen LogP contribution in [-0.4, -0.2) is 40.0 Å². The van der Waals surface area contributed by atoms with E-state index in [1.807, 2.05) is 6.92 Å². The Morgan fingerprint density at radius 1 is 1.50 bits per heavy atom. The lowest BCUT2D eigenvalue weighted by atomic mass is 9.95. The third kappa shape index (κ3) is 2.80. The van der Waals surface area contributed by atoms with Gasteiger partial charge in [-0.2, -0.15) is 0 Å². The molecule has 1 aromatic rings. The number of carbonyl (C=O) groups excluding carboxylic acids is 1. The Hall–Kier alpha value is -1.95. The number of β-amino-alcohol motifs (C(OH)–C–C–N with tert-alkyl or cyclic N) is 1. The van der Waals surface area contributed by atoms with Gasteiger partial charge in [0.05, 0.1) is 11.0 Å². The molecule has 0 saturated carbocycles. The van der Waals surface area contributed by atoms with Crippen LogP contribution in [0, 0.1) is 23.0 Å². The van der Waals surface area contributed by atoms with Crippen molar-refractivity contribution in [2.75, 3.05) is 13.1 Å². The third-order valence-electron chi connectivity index (χ3n) is 3.86. The topological polar surface area (TPSA) is 83.7 Å². The summed E-state index contributed by atoms with van der Waals surface area (Å²) in [5.74, 6) is -0.0922. The summed E-state index contributed by atoms with van der Waals surface area (Å²) in [6.45, 7) is 4.43. The van der Waals surface area contributed by atoms with Crippen LogP contribution in [0.2, 0.25) is 0 Å². The first-order valence-corrected chi connectivity index (χ1v) is 6.62. The standard InChI is InChI=1S/C14H18N2O4/c1-9-3-4-11(7-12(9)16(19)20)14(18)15-6-5-10(2)13(17)8-15/h3-4,7,10,13,17H,5-6,8H2,1-2H3. The van der Waals surface area contributed by atoms with Crippen molar-refractivity contribution in [2.45, 2.75) is 26.4 Å². The lowest BCUT2D eigenvalue weighted by Crippen LogP contribution is -2.45. The van der Waals surface area contributed by atoms with E-state index in [0.29, 0.717) is 17.7 Å². The molecular formula is C14H18N2O4. The molecule has 2 atom stereocenters. The molecule has 2 rings (SSSR count). The normalized spacial score (nSPS) is 22.6. The number of aliphatic hydroxyl groups excluding tert-OH is 1. The summed E-state index contributed by atoms with van der Waals surface area (Å²) in [5, 5.41) is 20.7. The van der Waals surface area contributed by atoms with Crippen molar-refractivity contribution < 1.29 is 14.8 Å². The second kappa shape index (κ2) is 5.58. The predicted molar refractivity (Wildman–Crippen MR) is 73.5 cm³/mol. The van der Waals surface area contributed by atoms with Crippen LogP contribution < -0.4 is 0 Å². The summed E-state index contributed by atoms with van der Waals surface area (Å²) in [4.78, 5) is 24.3. The molecule has 0 radical (unpaired) electrons. The van der Waals surface area contributed by atoms with E-state index in [-0.39, 0.29) is 24.1 Å². The summed E-state index contributed by atoms with van der Waals surface area (Å²) in [5.41, 5.74) is 0.768. The molecule has 0 bridgehead atoms. The van der Waals surface area contributed by atoms with Gasteiger partial charge in [-0.3, -0.25) is 14.9 Å². The summed E-state index contributed by atoms with van der Waals surface area (Å²) in [6.07, 6.45) is 0.203. The number of aryl methyl sites for hydroxylation is 1. The second-order valence-corrected chi connectivity index (χ2v) is 5.34. The minimum absolute atomic E-state index is 0.0539. The average Bonchev–Trinajstić information content (AvgIpc) is 2.41. The number of nitro groups is 1. The first-order valence-electron chi connectivity index (χ1n) is 6.62. The van der Waals surface area contributed by atoms with Crippen molar-refractivity contribution in [3.63, 3.8) is 0 Å². The highest BCUT2D eigenvalue weighted by molar-refractivity contribution is 5.95. The van der Waals surface area contributed by atoms with Crippen LogP contribution in [0.25, 0.3) is 0 Å². The summed E-state index contributed by atoms with van der Waals surface area (Å²) in [6, 6.07) is 4.48. The Kier molecular flexibility index (Phi) is 4.04. The first-order chi connectivity index (χ1) is 9.40. The molecule has 108 valence electrons. The molecule has 1 fully saturated rings.